The topological polar surface area (TPSA) is 23.8 Å². The molecule has 119 valence electrons. The lowest BCUT2D eigenvalue weighted by Crippen LogP contribution is -1.82. The molecule has 0 heterocycles. The van der Waals surface area contributed by atoms with Gasteiger partial charge in [-0.1, -0.05) is 68.4 Å². The average molecular weight is 288 g/mol. The summed E-state index contributed by atoms with van der Waals surface area (Å²) in [5.74, 6) is 0. The molecule has 0 aliphatic rings. The van der Waals surface area contributed by atoms with Crippen molar-refractivity contribution in [3.63, 3.8) is 0 Å². The van der Waals surface area contributed by atoms with Crippen molar-refractivity contribution < 1.29 is 0 Å². The van der Waals surface area contributed by atoms with Gasteiger partial charge < -0.3 is 0 Å². The Morgan fingerprint density at radius 3 is 1.43 bits per heavy atom. The highest BCUT2D eigenvalue weighted by Crippen LogP contribution is 2.01. The summed E-state index contributed by atoms with van der Waals surface area (Å²) in [7, 11) is 0. The molecular weight excluding hydrogens is 254 g/mol. The molecule has 0 fully saturated rings. The fraction of sp³-hybridized carbons (Fsp3) is 0.600. The molecule has 1 N–H and O–H groups in total. The third-order valence-electron chi connectivity index (χ3n) is 3.26. The predicted molar refractivity (Wildman–Crippen MR) is 96.4 cm³/mol. The van der Waals surface area contributed by atoms with Crippen LogP contribution in [-0.4, -0.2) is 6.54 Å². The summed E-state index contributed by atoms with van der Waals surface area (Å²) < 4.78 is 0. The van der Waals surface area contributed by atoms with Gasteiger partial charge in [0.1, 0.15) is 0 Å². The van der Waals surface area contributed by atoms with E-state index in [1.807, 2.05) is 0 Å². The third kappa shape index (κ3) is 18.9. The standard InChI is InChI=1S/C20H34N/c1-2-3-4-5-6-7-8-9-10-11-12-13-14-15-16-17-18-19-20-21/h6-7,9-10,12-13,15-16,21H,2-5,8,11,14,17-20H2,1H3/b7-6-,10-9-,13-12-,16-15-. The molecule has 0 aromatic carbocycles. The van der Waals surface area contributed by atoms with Gasteiger partial charge in [0.2, 0.25) is 0 Å². The minimum absolute atomic E-state index is 0.563. The summed E-state index contributed by atoms with van der Waals surface area (Å²) in [4.78, 5) is 0. The maximum atomic E-state index is 7.05. The molecule has 1 heteroatoms. The molecule has 0 saturated heterocycles. The summed E-state index contributed by atoms with van der Waals surface area (Å²) in [5, 5.41) is 0. The third-order valence-corrected chi connectivity index (χ3v) is 3.26. The highest BCUT2D eigenvalue weighted by atomic mass is 14.5. The van der Waals surface area contributed by atoms with E-state index in [1.54, 1.807) is 0 Å². The van der Waals surface area contributed by atoms with Crippen LogP contribution in [0.4, 0.5) is 0 Å². The van der Waals surface area contributed by atoms with Gasteiger partial charge in [0.05, 0.1) is 0 Å². The van der Waals surface area contributed by atoms with Gasteiger partial charge in [-0.25, -0.2) is 0 Å². The molecule has 0 rings (SSSR count). The Labute approximate surface area is 132 Å². The largest absolute Gasteiger partial charge is 0.258 e. The molecule has 0 amide bonds. The molecule has 0 bridgehead atoms. The van der Waals surface area contributed by atoms with Gasteiger partial charge >= 0.3 is 0 Å². The molecule has 1 nitrogen and oxygen atoms in total. The van der Waals surface area contributed by atoms with Crippen LogP contribution in [0, 0.1) is 0 Å². The SMILES string of the molecule is CCCCC/C=C\C/C=C\C/C=C\C/C=C\CCCC[NH]. The van der Waals surface area contributed by atoms with E-state index in [0.717, 1.165) is 38.5 Å². The van der Waals surface area contributed by atoms with Crippen LogP contribution in [0.2, 0.25) is 0 Å². The van der Waals surface area contributed by atoms with Crippen molar-refractivity contribution in [2.24, 2.45) is 0 Å². The van der Waals surface area contributed by atoms with Gasteiger partial charge in [-0.15, -0.1) is 0 Å². The Bertz CT molecular complexity index is 267. The summed E-state index contributed by atoms with van der Waals surface area (Å²) in [5.41, 5.74) is 7.05. The van der Waals surface area contributed by atoms with Crippen molar-refractivity contribution in [3.8, 4) is 0 Å². The van der Waals surface area contributed by atoms with E-state index in [9.17, 15) is 0 Å². The molecule has 0 spiro atoms. The molecule has 0 atom stereocenters. The summed E-state index contributed by atoms with van der Waals surface area (Å²) in [6, 6.07) is 0. The van der Waals surface area contributed by atoms with E-state index in [2.05, 4.69) is 55.5 Å². The van der Waals surface area contributed by atoms with Gasteiger partial charge in [-0.3, -0.25) is 5.73 Å². The van der Waals surface area contributed by atoms with E-state index >= 15 is 0 Å². The second-order valence-electron chi connectivity index (χ2n) is 5.33. The first-order valence-corrected chi connectivity index (χ1v) is 8.66. The highest BCUT2D eigenvalue weighted by Gasteiger charge is 1.82. The second-order valence-corrected chi connectivity index (χ2v) is 5.33. The predicted octanol–water partition coefficient (Wildman–Crippen LogP) is 6.42. The van der Waals surface area contributed by atoms with Crippen LogP contribution >= 0.6 is 0 Å². The van der Waals surface area contributed by atoms with E-state index in [1.165, 1.54) is 25.7 Å². The zero-order valence-corrected chi connectivity index (χ0v) is 13.9. The lowest BCUT2D eigenvalue weighted by atomic mass is 10.2. The zero-order valence-electron chi connectivity index (χ0n) is 13.9. The summed E-state index contributed by atoms with van der Waals surface area (Å²) >= 11 is 0. The number of allylic oxidation sites excluding steroid dienone is 8. The van der Waals surface area contributed by atoms with Gasteiger partial charge in [0, 0.05) is 6.54 Å². The minimum atomic E-state index is 0.563. The van der Waals surface area contributed by atoms with E-state index in [-0.39, 0.29) is 0 Å². The zero-order chi connectivity index (χ0) is 15.4. The van der Waals surface area contributed by atoms with E-state index < -0.39 is 0 Å². The van der Waals surface area contributed by atoms with Gasteiger partial charge in [0.15, 0.2) is 0 Å². The molecule has 0 aliphatic carbocycles. The van der Waals surface area contributed by atoms with Crippen LogP contribution in [0.25, 0.3) is 0 Å². The average Bonchev–Trinajstić information content (AvgIpc) is 2.50. The molecule has 1 radical (unpaired) electrons. The van der Waals surface area contributed by atoms with Crippen LogP contribution < -0.4 is 5.73 Å². The van der Waals surface area contributed by atoms with Crippen LogP contribution in [0.1, 0.15) is 71.1 Å². The van der Waals surface area contributed by atoms with Gasteiger partial charge in [-0.2, -0.15) is 0 Å². The normalized spacial score (nSPS) is 12.7. The molecule has 0 saturated carbocycles. The Balaban J connectivity index is 3.35. The Kier molecular flexibility index (Phi) is 17.9. The van der Waals surface area contributed by atoms with Gasteiger partial charge in [-0.05, 0) is 51.4 Å². The van der Waals surface area contributed by atoms with Crippen molar-refractivity contribution >= 4 is 0 Å². The minimum Gasteiger partial charge on any atom is -0.258 e. The quantitative estimate of drug-likeness (QED) is 0.260. The lowest BCUT2D eigenvalue weighted by Gasteiger charge is -1.91. The number of hydrogen-bond donors (Lipinski definition) is 0. The van der Waals surface area contributed by atoms with Crippen LogP contribution in [0.3, 0.4) is 0 Å². The smallest absolute Gasteiger partial charge is 0.00998 e. The van der Waals surface area contributed by atoms with Crippen molar-refractivity contribution in [2.45, 2.75) is 71.1 Å². The maximum absolute atomic E-state index is 7.05. The van der Waals surface area contributed by atoms with Crippen LogP contribution in [0.5, 0.6) is 0 Å². The molecule has 0 aliphatic heterocycles. The first-order valence-electron chi connectivity index (χ1n) is 8.66. The molecule has 21 heavy (non-hydrogen) atoms. The monoisotopic (exact) mass is 288 g/mol. The molecule has 0 unspecified atom stereocenters. The molecular formula is C20H34N. The van der Waals surface area contributed by atoms with Crippen molar-refractivity contribution in [3.05, 3.63) is 48.6 Å². The summed E-state index contributed by atoms with van der Waals surface area (Å²) in [6.07, 6.45) is 29.6. The fourth-order valence-corrected chi connectivity index (χ4v) is 1.95. The number of nitrogens with one attached hydrogen (secondary N) is 1. The lowest BCUT2D eigenvalue weighted by molar-refractivity contribution is 0.728. The van der Waals surface area contributed by atoms with Crippen molar-refractivity contribution in [1.82, 2.24) is 5.73 Å². The van der Waals surface area contributed by atoms with Crippen molar-refractivity contribution in [1.29, 1.82) is 0 Å². The van der Waals surface area contributed by atoms with E-state index in [4.69, 9.17) is 5.73 Å². The number of unbranched alkanes of at least 4 members (excludes halogenated alkanes) is 5. The van der Waals surface area contributed by atoms with Crippen molar-refractivity contribution in [2.75, 3.05) is 6.54 Å². The molecule has 0 aromatic heterocycles. The Hall–Kier alpha value is -1.08. The van der Waals surface area contributed by atoms with Crippen LogP contribution in [0.15, 0.2) is 48.6 Å². The summed E-state index contributed by atoms with van der Waals surface area (Å²) in [6.45, 7) is 2.81. The second kappa shape index (κ2) is 18.9. The van der Waals surface area contributed by atoms with Gasteiger partial charge in [0.25, 0.3) is 0 Å². The first kappa shape index (κ1) is 19.9. The Morgan fingerprint density at radius 2 is 1.00 bits per heavy atom. The number of rotatable bonds is 14. The maximum Gasteiger partial charge on any atom is 0.00998 e. The first-order chi connectivity index (χ1) is 10.4. The fourth-order valence-electron chi connectivity index (χ4n) is 1.95. The highest BCUT2D eigenvalue weighted by molar-refractivity contribution is 4.99. The van der Waals surface area contributed by atoms with E-state index in [0.29, 0.717) is 6.54 Å². The Morgan fingerprint density at radius 1 is 0.571 bits per heavy atom. The van der Waals surface area contributed by atoms with Crippen LogP contribution in [-0.2, 0) is 0 Å². The molecule has 0 aromatic rings. The number of hydrogen-bond acceptors (Lipinski definition) is 0.